The first-order valence-electron chi connectivity index (χ1n) is 6.66. The van der Waals surface area contributed by atoms with Crippen molar-refractivity contribution in [2.24, 2.45) is 0 Å². The predicted octanol–water partition coefficient (Wildman–Crippen LogP) is 1.18. The van der Waals surface area contributed by atoms with Gasteiger partial charge >= 0.3 is 5.97 Å². The van der Waals surface area contributed by atoms with Gasteiger partial charge in [-0.15, -0.1) is 0 Å². The standard InChI is InChI=1S/C13H24N2O3/c1-14-8-4-3-6-11(14)10-12(16)15(2)9-5-7-13(17)18/h11H,3-10H2,1-2H3,(H,17,18). The summed E-state index contributed by atoms with van der Waals surface area (Å²) in [5.74, 6) is -0.679. The van der Waals surface area contributed by atoms with Crippen LogP contribution < -0.4 is 0 Å². The first-order chi connectivity index (χ1) is 8.50. The van der Waals surface area contributed by atoms with Gasteiger partial charge in [-0.2, -0.15) is 0 Å². The Labute approximate surface area is 109 Å². The zero-order chi connectivity index (χ0) is 13.5. The van der Waals surface area contributed by atoms with Gasteiger partial charge in [-0.3, -0.25) is 9.59 Å². The Bertz CT molecular complexity index is 294. The van der Waals surface area contributed by atoms with Crippen LogP contribution >= 0.6 is 0 Å². The van der Waals surface area contributed by atoms with E-state index in [0.29, 0.717) is 25.4 Å². The maximum absolute atomic E-state index is 12.0. The number of rotatable bonds is 6. The minimum absolute atomic E-state index is 0.124. The third kappa shape index (κ3) is 5.04. The maximum atomic E-state index is 12.0. The summed E-state index contributed by atoms with van der Waals surface area (Å²) in [5, 5.41) is 8.55. The van der Waals surface area contributed by atoms with Crippen LogP contribution in [-0.2, 0) is 9.59 Å². The average Bonchev–Trinajstić information content (AvgIpc) is 2.31. The molecular formula is C13H24N2O3. The quantitative estimate of drug-likeness (QED) is 0.775. The molecule has 1 heterocycles. The van der Waals surface area contributed by atoms with Crippen LogP contribution in [0.3, 0.4) is 0 Å². The highest BCUT2D eigenvalue weighted by Crippen LogP contribution is 2.18. The van der Waals surface area contributed by atoms with Crippen LogP contribution in [0.25, 0.3) is 0 Å². The summed E-state index contributed by atoms with van der Waals surface area (Å²) in [7, 11) is 3.83. The molecule has 0 aliphatic carbocycles. The van der Waals surface area contributed by atoms with E-state index in [2.05, 4.69) is 11.9 Å². The van der Waals surface area contributed by atoms with Crippen LogP contribution in [0.4, 0.5) is 0 Å². The Kier molecular flexibility index (Phi) is 6.12. The molecule has 5 heteroatoms. The first kappa shape index (κ1) is 15.0. The van der Waals surface area contributed by atoms with Crippen molar-refractivity contribution in [1.29, 1.82) is 0 Å². The molecule has 1 aliphatic rings. The molecule has 0 radical (unpaired) electrons. The van der Waals surface area contributed by atoms with Gasteiger partial charge in [0, 0.05) is 32.5 Å². The Morgan fingerprint density at radius 3 is 2.72 bits per heavy atom. The lowest BCUT2D eigenvalue weighted by Gasteiger charge is -2.33. The minimum Gasteiger partial charge on any atom is -0.481 e. The van der Waals surface area contributed by atoms with E-state index in [0.717, 1.165) is 13.0 Å². The fourth-order valence-corrected chi connectivity index (χ4v) is 2.35. The van der Waals surface area contributed by atoms with Gasteiger partial charge in [-0.25, -0.2) is 0 Å². The van der Waals surface area contributed by atoms with Gasteiger partial charge in [-0.1, -0.05) is 6.42 Å². The van der Waals surface area contributed by atoms with E-state index in [4.69, 9.17) is 5.11 Å². The van der Waals surface area contributed by atoms with Gasteiger partial charge in [0.15, 0.2) is 0 Å². The molecule has 5 nitrogen and oxygen atoms in total. The predicted molar refractivity (Wildman–Crippen MR) is 69.4 cm³/mol. The Hall–Kier alpha value is -1.10. The molecule has 0 saturated carbocycles. The van der Waals surface area contributed by atoms with E-state index in [1.165, 1.54) is 12.8 Å². The van der Waals surface area contributed by atoms with Crippen molar-refractivity contribution in [3.63, 3.8) is 0 Å². The van der Waals surface area contributed by atoms with Gasteiger partial charge < -0.3 is 14.9 Å². The fourth-order valence-electron chi connectivity index (χ4n) is 2.35. The topological polar surface area (TPSA) is 60.9 Å². The van der Waals surface area contributed by atoms with E-state index in [9.17, 15) is 9.59 Å². The van der Waals surface area contributed by atoms with Crippen molar-refractivity contribution in [1.82, 2.24) is 9.80 Å². The summed E-state index contributed by atoms with van der Waals surface area (Å²) in [6.07, 6.45) is 4.71. The van der Waals surface area contributed by atoms with Crippen LogP contribution in [-0.4, -0.2) is 60.0 Å². The summed E-state index contributed by atoms with van der Waals surface area (Å²) in [4.78, 5) is 26.3. The second kappa shape index (κ2) is 7.36. The highest BCUT2D eigenvalue weighted by atomic mass is 16.4. The van der Waals surface area contributed by atoms with Gasteiger partial charge in [0.2, 0.25) is 5.91 Å². The highest BCUT2D eigenvalue weighted by Gasteiger charge is 2.23. The third-order valence-corrected chi connectivity index (χ3v) is 3.64. The SMILES string of the molecule is CN(CCCC(=O)O)C(=O)CC1CCCCN1C. The van der Waals surface area contributed by atoms with Crippen molar-refractivity contribution in [2.75, 3.05) is 27.2 Å². The summed E-state index contributed by atoms with van der Waals surface area (Å²) >= 11 is 0. The average molecular weight is 256 g/mol. The molecular weight excluding hydrogens is 232 g/mol. The molecule has 18 heavy (non-hydrogen) atoms. The number of likely N-dealkylation sites (tertiary alicyclic amines) is 1. The highest BCUT2D eigenvalue weighted by molar-refractivity contribution is 5.76. The van der Waals surface area contributed by atoms with Crippen molar-refractivity contribution in [3.05, 3.63) is 0 Å². The van der Waals surface area contributed by atoms with Crippen molar-refractivity contribution in [3.8, 4) is 0 Å². The number of carbonyl (C=O) groups is 2. The lowest BCUT2D eigenvalue weighted by atomic mass is 9.99. The van der Waals surface area contributed by atoms with Gasteiger partial charge in [0.25, 0.3) is 0 Å². The number of amides is 1. The summed E-state index contributed by atoms with van der Waals surface area (Å²) in [5.41, 5.74) is 0. The molecule has 0 bridgehead atoms. The molecule has 1 unspecified atom stereocenters. The minimum atomic E-state index is -0.803. The van der Waals surface area contributed by atoms with Crippen LogP contribution in [0.15, 0.2) is 0 Å². The maximum Gasteiger partial charge on any atom is 0.303 e. The smallest absolute Gasteiger partial charge is 0.303 e. The molecule has 1 N–H and O–H groups in total. The summed E-state index contributed by atoms with van der Waals surface area (Å²) < 4.78 is 0. The summed E-state index contributed by atoms with van der Waals surface area (Å²) in [6, 6.07) is 0.355. The van der Waals surface area contributed by atoms with Crippen molar-refractivity contribution >= 4 is 11.9 Å². The lowest BCUT2D eigenvalue weighted by Crippen LogP contribution is -2.40. The number of hydrogen-bond donors (Lipinski definition) is 1. The number of hydrogen-bond acceptors (Lipinski definition) is 3. The molecule has 0 spiro atoms. The third-order valence-electron chi connectivity index (χ3n) is 3.64. The van der Waals surface area contributed by atoms with E-state index >= 15 is 0 Å². The number of nitrogens with zero attached hydrogens (tertiary/aromatic N) is 2. The molecule has 1 saturated heterocycles. The van der Waals surface area contributed by atoms with E-state index < -0.39 is 5.97 Å². The molecule has 1 fully saturated rings. The Morgan fingerprint density at radius 2 is 2.11 bits per heavy atom. The van der Waals surface area contributed by atoms with Crippen molar-refractivity contribution in [2.45, 2.75) is 44.6 Å². The number of carboxylic acid groups (broad SMARTS) is 1. The second-order valence-corrected chi connectivity index (χ2v) is 5.15. The van der Waals surface area contributed by atoms with Gasteiger partial charge in [0.1, 0.15) is 0 Å². The summed E-state index contributed by atoms with van der Waals surface area (Å²) in [6.45, 7) is 1.60. The number of piperidine rings is 1. The molecule has 1 aliphatic heterocycles. The number of carboxylic acids is 1. The van der Waals surface area contributed by atoms with Gasteiger partial charge in [0.05, 0.1) is 0 Å². The molecule has 1 rings (SSSR count). The Morgan fingerprint density at radius 1 is 1.39 bits per heavy atom. The van der Waals surface area contributed by atoms with Gasteiger partial charge in [-0.05, 0) is 32.9 Å². The van der Waals surface area contributed by atoms with Crippen LogP contribution in [0.5, 0.6) is 0 Å². The molecule has 1 atom stereocenters. The zero-order valence-electron chi connectivity index (χ0n) is 11.4. The van der Waals surface area contributed by atoms with E-state index in [1.807, 2.05) is 0 Å². The normalized spacial score (nSPS) is 20.7. The Balaban J connectivity index is 2.28. The molecule has 104 valence electrons. The molecule has 0 aromatic rings. The number of aliphatic carboxylic acids is 1. The second-order valence-electron chi connectivity index (χ2n) is 5.15. The van der Waals surface area contributed by atoms with E-state index in [-0.39, 0.29) is 12.3 Å². The zero-order valence-corrected chi connectivity index (χ0v) is 11.4. The van der Waals surface area contributed by atoms with Crippen LogP contribution in [0.1, 0.15) is 38.5 Å². The first-order valence-corrected chi connectivity index (χ1v) is 6.66. The molecule has 1 amide bonds. The lowest BCUT2D eigenvalue weighted by molar-refractivity contribution is -0.138. The molecule has 0 aromatic carbocycles. The van der Waals surface area contributed by atoms with E-state index in [1.54, 1.807) is 11.9 Å². The monoisotopic (exact) mass is 256 g/mol. The van der Waals surface area contributed by atoms with Crippen LogP contribution in [0.2, 0.25) is 0 Å². The molecule has 0 aromatic heterocycles. The fraction of sp³-hybridized carbons (Fsp3) is 0.846. The largest absolute Gasteiger partial charge is 0.481 e. The number of carbonyl (C=O) groups excluding carboxylic acids is 1. The van der Waals surface area contributed by atoms with Crippen LogP contribution in [0, 0.1) is 0 Å². The van der Waals surface area contributed by atoms with Crippen molar-refractivity contribution < 1.29 is 14.7 Å².